The van der Waals surface area contributed by atoms with Crippen LogP contribution in [0.4, 0.5) is 0 Å². The molecule has 2 aliphatic carbocycles. The largest absolute Gasteiger partial charge is 0.459 e. The Labute approximate surface area is 216 Å². The first-order chi connectivity index (χ1) is 16.9. The van der Waals surface area contributed by atoms with Crippen LogP contribution >= 0.6 is 22.7 Å². The summed E-state index contributed by atoms with van der Waals surface area (Å²) >= 11 is 2.80. The van der Waals surface area contributed by atoms with Crippen molar-refractivity contribution in [3.63, 3.8) is 0 Å². The van der Waals surface area contributed by atoms with E-state index in [-0.39, 0.29) is 6.10 Å². The summed E-state index contributed by atoms with van der Waals surface area (Å²) in [6, 6.07) is 18.6. The molecule has 2 bridgehead atoms. The van der Waals surface area contributed by atoms with Gasteiger partial charge in [0.05, 0.1) is 36.4 Å². The number of hydrogen-bond acceptors (Lipinski definition) is 5. The molecular weight excluding hydrogens is 474 g/mol. The lowest BCUT2D eigenvalue weighted by Crippen LogP contribution is -2.52. The lowest BCUT2D eigenvalue weighted by Gasteiger charge is -2.40. The highest BCUT2D eigenvalue weighted by molar-refractivity contribution is 7.12. The molecule has 2 fully saturated rings. The maximum Gasteiger partial charge on any atom is 0.349 e. The summed E-state index contributed by atoms with van der Waals surface area (Å²) < 4.78 is 7.21. The van der Waals surface area contributed by atoms with Gasteiger partial charge in [-0.15, -0.1) is 22.7 Å². The van der Waals surface area contributed by atoms with Crippen LogP contribution in [-0.4, -0.2) is 48.3 Å². The molecule has 0 radical (unpaired) electrons. The summed E-state index contributed by atoms with van der Waals surface area (Å²) in [7, 11) is 4.70. The molecule has 3 aromatic rings. The molecular formula is C29H36NO3S2+. The molecule has 0 spiro atoms. The van der Waals surface area contributed by atoms with E-state index in [1.807, 2.05) is 35.0 Å². The Kier molecular flexibility index (Phi) is 7.18. The number of ether oxygens (including phenoxy) is 1. The number of aliphatic hydroxyl groups is 1. The van der Waals surface area contributed by atoms with Gasteiger partial charge in [0.2, 0.25) is 5.60 Å². The van der Waals surface area contributed by atoms with Crippen molar-refractivity contribution in [1.82, 2.24) is 0 Å². The molecule has 6 heteroatoms. The molecule has 4 atom stereocenters. The second kappa shape index (κ2) is 10.2. The fraction of sp³-hybridized carbons (Fsp3) is 0.483. The van der Waals surface area contributed by atoms with Gasteiger partial charge in [-0.05, 0) is 60.6 Å². The highest BCUT2D eigenvalue weighted by atomic mass is 32.1. The number of esters is 1. The number of rotatable bonds is 10. The van der Waals surface area contributed by atoms with Gasteiger partial charge >= 0.3 is 5.97 Å². The zero-order chi connectivity index (χ0) is 24.5. The number of carbonyl (C=O) groups excluding carboxylic acids is 1. The van der Waals surface area contributed by atoms with Crippen LogP contribution in [-0.2, 0) is 21.6 Å². The van der Waals surface area contributed by atoms with Gasteiger partial charge in [-0.2, -0.15) is 0 Å². The molecule has 2 heterocycles. The van der Waals surface area contributed by atoms with Crippen LogP contribution in [0.3, 0.4) is 0 Å². The average molecular weight is 511 g/mol. The van der Waals surface area contributed by atoms with Crippen molar-refractivity contribution in [1.29, 1.82) is 0 Å². The number of thiophene rings is 2. The molecule has 4 unspecified atom stereocenters. The Morgan fingerprint density at radius 2 is 1.69 bits per heavy atom. The molecule has 1 aromatic carbocycles. The molecule has 186 valence electrons. The van der Waals surface area contributed by atoms with Crippen LogP contribution in [0.5, 0.6) is 0 Å². The first kappa shape index (κ1) is 24.7. The number of aryl methyl sites for hydroxylation is 1. The van der Waals surface area contributed by atoms with E-state index in [2.05, 4.69) is 44.4 Å². The van der Waals surface area contributed by atoms with Crippen LogP contribution in [0.25, 0.3) is 0 Å². The zero-order valence-electron chi connectivity index (χ0n) is 20.6. The number of unbranched alkanes of at least 4 members (excludes halogenated alkanes) is 1. The van der Waals surface area contributed by atoms with Gasteiger partial charge in [-0.25, -0.2) is 4.79 Å². The summed E-state index contributed by atoms with van der Waals surface area (Å²) in [5, 5.41) is 15.5. The highest BCUT2D eigenvalue weighted by Gasteiger charge is 2.57. The number of benzene rings is 1. The van der Waals surface area contributed by atoms with Crippen molar-refractivity contribution in [3.05, 3.63) is 80.7 Å². The van der Waals surface area contributed by atoms with Crippen molar-refractivity contribution in [2.24, 2.45) is 11.8 Å². The van der Waals surface area contributed by atoms with E-state index >= 15 is 0 Å². The molecule has 1 N–H and O–H groups in total. The molecule has 2 saturated carbocycles. The Bertz CT molecular complexity index is 1060. The summed E-state index contributed by atoms with van der Waals surface area (Å²) in [6.07, 6.45) is 6.74. The number of hydrogen-bond donors (Lipinski definition) is 1. The molecule has 2 aliphatic rings. The van der Waals surface area contributed by atoms with E-state index < -0.39 is 11.6 Å². The van der Waals surface area contributed by atoms with Gasteiger partial charge in [-0.1, -0.05) is 42.5 Å². The average Bonchev–Trinajstić information content (AvgIpc) is 3.68. The fourth-order valence-corrected chi connectivity index (χ4v) is 8.09. The first-order valence-electron chi connectivity index (χ1n) is 12.8. The summed E-state index contributed by atoms with van der Waals surface area (Å²) in [6.45, 7) is 1.13. The van der Waals surface area contributed by atoms with Crippen molar-refractivity contribution < 1.29 is 19.1 Å². The third-order valence-electron chi connectivity index (χ3n) is 8.28. The number of carbonyl (C=O) groups is 1. The van der Waals surface area contributed by atoms with E-state index in [4.69, 9.17) is 4.74 Å². The molecule has 4 nitrogen and oxygen atoms in total. The van der Waals surface area contributed by atoms with Crippen LogP contribution in [0, 0.1) is 11.8 Å². The Hall–Kier alpha value is -1.99. The van der Waals surface area contributed by atoms with Crippen molar-refractivity contribution in [2.75, 3.05) is 20.6 Å². The van der Waals surface area contributed by atoms with E-state index in [1.54, 1.807) is 0 Å². The second-order valence-corrected chi connectivity index (χ2v) is 12.7. The van der Waals surface area contributed by atoms with Gasteiger partial charge in [-0.3, -0.25) is 0 Å². The second-order valence-electron chi connectivity index (χ2n) is 10.8. The number of nitrogens with zero attached hydrogens (tertiary/aromatic N) is 1. The van der Waals surface area contributed by atoms with Gasteiger partial charge in [0.15, 0.2) is 0 Å². The lowest BCUT2D eigenvalue weighted by atomic mass is 9.92. The molecule has 0 amide bonds. The van der Waals surface area contributed by atoms with Gasteiger partial charge < -0.3 is 14.3 Å². The van der Waals surface area contributed by atoms with Crippen molar-refractivity contribution in [3.8, 4) is 0 Å². The van der Waals surface area contributed by atoms with E-state index in [0.717, 1.165) is 36.7 Å². The SMILES string of the molecule is C[N+](C)(CCCCc1ccccc1)C1CC2CCC1C2OC(=O)C(O)(c1cccs1)c1cccs1. The quantitative estimate of drug-likeness (QED) is 0.211. The zero-order valence-corrected chi connectivity index (χ0v) is 22.3. The minimum atomic E-state index is -1.72. The predicted octanol–water partition coefficient (Wildman–Crippen LogP) is 5.86. The Morgan fingerprint density at radius 1 is 1.00 bits per heavy atom. The maximum atomic E-state index is 13.6. The standard InChI is InChI=1S/C29H36NO3S2/c1-30(2,17-7-6-12-21-10-4-3-5-11-21)24-20-22-15-16-23(24)27(22)33-28(31)29(32,25-13-8-18-34-25)26-14-9-19-35-26/h3-5,8-11,13-14,18-19,22-24,27,32H,6-7,12,15-17,20H2,1-2H3/q+1. The first-order valence-corrected chi connectivity index (χ1v) is 14.5. The number of quaternary nitrogens is 1. The topological polar surface area (TPSA) is 46.5 Å². The van der Waals surface area contributed by atoms with Crippen LogP contribution in [0.1, 0.15) is 47.4 Å². The Morgan fingerprint density at radius 3 is 2.31 bits per heavy atom. The van der Waals surface area contributed by atoms with Crippen molar-refractivity contribution >= 4 is 28.6 Å². The van der Waals surface area contributed by atoms with E-state index in [9.17, 15) is 9.90 Å². The summed E-state index contributed by atoms with van der Waals surface area (Å²) in [5.41, 5.74) is -0.310. The number of fused-ring (bicyclic) bond motifs is 2. The summed E-state index contributed by atoms with van der Waals surface area (Å²) in [5.74, 6) is 0.244. The van der Waals surface area contributed by atoms with Crippen molar-refractivity contribution in [2.45, 2.75) is 56.3 Å². The van der Waals surface area contributed by atoms with Gasteiger partial charge in [0.1, 0.15) is 6.10 Å². The minimum Gasteiger partial charge on any atom is -0.459 e. The monoisotopic (exact) mass is 510 g/mol. The normalized spacial score (nSPS) is 24.1. The van der Waals surface area contributed by atoms with Gasteiger partial charge in [0.25, 0.3) is 0 Å². The van der Waals surface area contributed by atoms with Crippen LogP contribution in [0.15, 0.2) is 65.4 Å². The molecule has 2 aromatic heterocycles. The molecule has 0 aliphatic heterocycles. The maximum absolute atomic E-state index is 13.6. The predicted molar refractivity (Wildman–Crippen MR) is 142 cm³/mol. The lowest BCUT2D eigenvalue weighted by molar-refractivity contribution is -0.918. The third-order valence-corrected chi connectivity index (χ3v) is 10.2. The molecule has 35 heavy (non-hydrogen) atoms. The summed E-state index contributed by atoms with van der Waals surface area (Å²) in [4.78, 5) is 14.8. The fourth-order valence-electron chi connectivity index (χ4n) is 6.38. The Balaban J connectivity index is 1.24. The minimum absolute atomic E-state index is 0.0966. The van der Waals surface area contributed by atoms with Crippen LogP contribution in [0.2, 0.25) is 0 Å². The highest BCUT2D eigenvalue weighted by Crippen LogP contribution is 2.50. The molecule has 5 rings (SSSR count). The molecule has 0 saturated heterocycles. The van der Waals surface area contributed by atoms with E-state index in [1.165, 1.54) is 41.1 Å². The van der Waals surface area contributed by atoms with Crippen LogP contribution < -0.4 is 0 Å². The smallest absolute Gasteiger partial charge is 0.349 e. The third kappa shape index (κ3) is 4.86. The van der Waals surface area contributed by atoms with Gasteiger partial charge in [0, 0.05) is 18.3 Å². The van der Waals surface area contributed by atoms with E-state index in [0.29, 0.717) is 27.6 Å².